The summed E-state index contributed by atoms with van der Waals surface area (Å²) in [6.07, 6.45) is -0.872. The van der Waals surface area contributed by atoms with Crippen molar-refractivity contribution >= 4 is 37.4 Å². The third-order valence-electron chi connectivity index (χ3n) is 7.66. The van der Waals surface area contributed by atoms with Gasteiger partial charge in [0.05, 0.1) is 7.11 Å². The first-order valence-corrected chi connectivity index (χ1v) is 14.0. The molecule has 0 amide bonds. The molecule has 208 valence electrons. The molecule has 8 heteroatoms. The average Bonchev–Trinajstić information content (AvgIpc) is 3.00. The van der Waals surface area contributed by atoms with Crippen molar-refractivity contribution in [2.75, 3.05) is 42.7 Å². The molecule has 0 saturated heterocycles. The van der Waals surface area contributed by atoms with E-state index in [0.29, 0.717) is 11.3 Å². The summed E-state index contributed by atoms with van der Waals surface area (Å²) in [4.78, 5) is 0. The highest BCUT2D eigenvalue weighted by Gasteiger charge is 2.80. The van der Waals surface area contributed by atoms with Crippen molar-refractivity contribution in [3.63, 3.8) is 0 Å². The molecular formula is C31H34Br2O6. The smallest absolute Gasteiger partial charge is 0.239 e. The Balaban J connectivity index is 2.36. The van der Waals surface area contributed by atoms with E-state index >= 15 is 0 Å². The van der Waals surface area contributed by atoms with Crippen molar-refractivity contribution in [1.82, 2.24) is 0 Å². The van der Waals surface area contributed by atoms with Crippen LogP contribution in [0, 0.1) is 0 Å². The monoisotopic (exact) mass is 660 g/mol. The van der Waals surface area contributed by atoms with Crippen LogP contribution in [0.4, 0.5) is 0 Å². The molecule has 3 aromatic rings. The van der Waals surface area contributed by atoms with E-state index in [9.17, 15) is 0 Å². The predicted octanol–water partition coefficient (Wildman–Crippen LogP) is 6.63. The lowest BCUT2D eigenvalue weighted by molar-refractivity contribution is -0.388. The van der Waals surface area contributed by atoms with Gasteiger partial charge in [-0.05, 0) is 16.7 Å². The minimum atomic E-state index is -1.61. The highest BCUT2D eigenvalue weighted by molar-refractivity contribution is 9.24. The molecule has 39 heavy (non-hydrogen) atoms. The van der Waals surface area contributed by atoms with Crippen molar-refractivity contribution in [2.45, 2.75) is 26.3 Å². The van der Waals surface area contributed by atoms with Crippen LogP contribution in [0.5, 0.6) is 0 Å². The van der Waals surface area contributed by atoms with Crippen molar-refractivity contribution in [3.05, 3.63) is 113 Å². The van der Waals surface area contributed by atoms with Gasteiger partial charge in [0.15, 0.2) is 17.3 Å². The summed E-state index contributed by atoms with van der Waals surface area (Å²) in [5, 5.41) is 0. The Labute approximate surface area is 247 Å². The quantitative estimate of drug-likeness (QED) is 0.180. The number of ether oxygens (including phenoxy) is 6. The van der Waals surface area contributed by atoms with Crippen LogP contribution in [-0.4, -0.2) is 60.2 Å². The molecule has 0 heterocycles. The van der Waals surface area contributed by atoms with Gasteiger partial charge in [0.1, 0.15) is 8.99 Å². The van der Waals surface area contributed by atoms with Crippen LogP contribution in [0.3, 0.4) is 0 Å². The van der Waals surface area contributed by atoms with Crippen LogP contribution in [0.1, 0.15) is 16.7 Å². The summed E-state index contributed by atoms with van der Waals surface area (Å²) >= 11 is 8.20. The van der Waals surface area contributed by atoms with Gasteiger partial charge in [-0.3, -0.25) is 0 Å². The molecule has 1 aliphatic carbocycles. The lowest BCUT2D eigenvalue weighted by Crippen LogP contribution is -2.78. The number of alkyl halides is 2. The number of benzene rings is 3. The number of methoxy groups -OCH3 is 6. The second kappa shape index (κ2) is 11.8. The molecule has 1 aliphatic rings. The molecule has 3 unspecified atom stereocenters. The molecular weight excluding hydrogens is 628 g/mol. The van der Waals surface area contributed by atoms with E-state index in [1.807, 2.05) is 91.0 Å². The topological polar surface area (TPSA) is 55.4 Å². The van der Waals surface area contributed by atoms with E-state index in [1.165, 1.54) is 0 Å². The molecule has 0 aliphatic heterocycles. The maximum atomic E-state index is 6.84. The molecule has 3 atom stereocenters. The zero-order valence-corrected chi connectivity index (χ0v) is 26.1. The summed E-state index contributed by atoms with van der Waals surface area (Å²) < 4.78 is 37.6. The fourth-order valence-electron chi connectivity index (χ4n) is 6.17. The van der Waals surface area contributed by atoms with Gasteiger partial charge < -0.3 is 28.4 Å². The Morgan fingerprint density at radius 2 is 1.15 bits per heavy atom. The zero-order valence-electron chi connectivity index (χ0n) is 22.9. The Morgan fingerprint density at radius 3 is 1.59 bits per heavy atom. The molecule has 0 bridgehead atoms. The third-order valence-corrected chi connectivity index (χ3v) is 9.70. The van der Waals surface area contributed by atoms with Crippen LogP contribution in [0.15, 0.2) is 96.8 Å². The van der Waals surface area contributed by atoms with E-state index in [2.05, 4.69) is 31.9 Å². The van der Waals surface area contributed by atoms with Crippen molar-refractivity contribution in [2.24, 2.45) is 0 Å². The lowest BCUT2D eigenvalue weighted by Gasteiger charge is -2.64. The Bertz CT molecular complexity index is 1260. The van der Waals surface area contributed by atoms with Gasteiger partial charge >= 0.3 is 0 Å². The predicted molar refractivity (Wildman–Crippen MR) is 159 cm³/mol. The molecule has 0 fully saturated rings. The van der Waals surface area contributed by atoms with Crippen molar-refractivity contribution in [3.8, 4) is 0 Å². The minimum Gasteiger partial charge on any atom is -0.498 e. The summed E-state index contributed by atoms with van der Waals surface area (Å²) in [6.45, 7) is 0. The number of hydrogen-bond acceptors (Lipinski definition) is 6. The minimum absolute atomic E-state index is 0.470. The SMILES string of the molecule is COC1=C(c2ccccc2)C(OC)(C(Br)(Br)c2ccccc2)C(OC)(c2ccccc2)C(OC)(OC)C1OC. The van der Waals surface area contributed by atoms with E-state index in [-0.39, 0.29) is 0 Å². The largest absolute Gasteiger partial charge is 0.498 e. The molecule has 6 nitrogen and oxygen atoms in total. The highest BCUT2D eigenvalue weighted by atomic mass is 79.9. The summed E-state index contributed by atoms with van der Waals surface area (Å²) in [5.74, 6) is -1.14. The van der Waals surface area contributed by atoms with Gasteiger partial charge in [0.25, 0.3) is 0 Å². The van der Waals surface area contributed by atoms with E-state index < -0.39 is 26.3 Å². The Kier molecular flexibility index (Phi) is 9.08. The molecule has 0 radical (unpaired) electrons. The second-order valence-electron chi connectivity index (χ2n) is 9.08. The number of halogens is 2. The number of rotatable bonds is 10. The molecule has 0 aromatic heterocycles. The maximum absolute atomic E-state index is 6.84. The third kappa shape index (κ3) is 4.07. The standard InChI is InChI=1S/C31H34Br2O6/c1-34-26-25(22-16-10-7-11-17-22)29(37-4,30(32,33)24-20-14-9-15-21-24)28(36-3,23-18-12-8-13-19-23)31(38-5,39-6)27(26)35-2/h7-21,27H,1-6H3. The van der Waals surface area contributed by atoms with E-state index in [0.717, 1.165) is 16.7 Å². The fraction of sp³-hybridized carbons (Fsp3) is 0.355. The van der Waals surface area contributed by atoms with Crippen LogP contribution < -0.4 is 0 Å². The average molecular weight is 662 g/mol. The van der Waals surface area contributed by atoms with Gasteiger partial charge in [0.2, 0.25) is 5.79 Å². The molecule has 0 spiro atoms. The van der Waals surface area contributed by atoms with E-state index in [4.69, 9.17) is 28.4 Å². The highest BCUT2D eigenvalue weighted by Crippen LogP contribution is 2.69. The molecule has 0 N–H and O–H groups in total. The van der Waals surface area contributed by atoms with Crippen LogP contribution >= 0.6 is 31.9 Å². The fourth-order valence-corrected chi connectivity index (χ4v) is 7.98. The van der Waals surface area contributed by atoms with Gasteiger partial charge in [0, 0.05) is 41.1 Å². The van der Waals surface area contributed by atoms with Gasteiger partial charge in [-0.25, -0.2) is 0 Å². The van der Waals surface area contributed by atoms with Gasteiger partial charge in [-0.2, -0.15) is 0 Å². The molecule has 0 saturated carbocycles. The van der Waals surface area contributed by atoms with Crippen molar-refractivity contribution < 1.29 is 28.4 Å². The first kappa shape index (κ1) is 29.9. The lowest BCUT2D eigenvalue weighted by atomic mass is 9.58. The van der Waals surface area contributed by atoms with E-state index in [1.54, 1.807) is 42.7 Å². The summed E-state index contributed by atoms with van der Waals surface area (Å²) in [6, 6.07) is 29.6. The Hall–Kier alpha value is -2.04. The zero-order chi connectivity index (χ0) is 28.3. The van der Waals surface area contributed by atoms with Crippen LogP contribution in [-0.2, 0) is 37.3 Å². The van der Waals surface area contributed by atoms with Crippen LogP contribution in [0.25, 0.3) is 5.57 Å². The summed E-state index contributed by atoms with van der Waals surface area (Å²) in [7, 11) is 9.62. The van der Waals surface area contributed by atoms with Gasteiger partial charge in [-0.15, -0.1) is 0 Å². The number of hydrogen-bond donors (Lipinski definition) is 0. The molecule has 3 aromatic carbocycles. The molecule has 4 rings (SSSR count). The summed E-state index contributed by atoms with van der Waals surface area (Å²) in [5.41, 5.74) is 0.151. The first-order chi connectivity index (χ1) is 18.8. The first-order valence-electron chi connectivity index (χ1n) is 12.4. The maximum Gasteiger partial charge on any atom is 0.239 e. The van der Waals surface area contributed by atoms with Gasteiger partial charge in [-0.1, -0.05) is 123 Å². The van der Waals surface area contributed by atoms with Crippen LogP contribution in [0.2, 0.25) is 0 Å². The second-order valence-corrected chi connectivity index (χ2v) is 12.5. The normalized spacial score (nSPS) is 25.0. The Morgan fingerprint density at radius 1 is 0.641 bits per heavy atom. The van der Waals surface area contributed by atoms with Crippen molar-refractivity contribution in [1.29, 1.82) is 0 Å².